The summed E-state index contributed by atoms with van der Waals surface area (Å²) in [6.07, 6.45) is 3.39. The number of unbranched alkanes of at least 4 members (excludes halogenated alkanes) is 1. The van der Waals surface area contributed by atoms with Crippen molar-refractivity contribution in [2.24, 2.45) is 10.8 Å². The van der Waals surface area contributed by atoms with Crippen molar-refractivity contribution >= 4 is 23.8 Å². The molecular formula is C12H17ClN4O. The Morgan fingerprint density at radius 3 is 2.89 bits per heavy atom. The number of nitrogens with two attached hydrogens (primary N) is 1. The second kappa shape index (κ2) is 7.68. The molecule has 0 aliphatic heterocycles. The molecular weight excluding hydrogens is 252 g/mol. The van der Waals surface area contributed by atoms with E-state index in [-0.39, 0.29) is 5.96 Å². The number of nitrogens with zero attached hydrogens (tertiary/aromatic N) is 2. The van der Waals surface area contributed by atoms with Crippen LogP contribution < -0.4 is 5.73 Å². The maximum Gasteiger partial charge on any atom is 0.236 e. The second-order valence-electron chi connectivity index (χ2n) is 3.61. The van der Waals surface area contributed by atoms with E-state index in [0.717, 1.165) is 23.6 Å². The lowest BCUT2D eigenvalue weighted by Gasteiger charge is -2.15. The van der Waals surface area contributed by atoms with Crippen LogP contribution in [0.25, 0.3) is 0 Å². The Hall–Kier alpha value is -1.59. The van der Waals surface area contributed by atoms with Gasteiger partial charge < -0.3 is 5.73 Å². The molecule has 18 heavy (non-hydrogen) atoms. The highest BCUT2D eigenvalue weighted by Gasteiger charge is 2.04. The Bertz CT molecular complexity index is 422. The topological polar surface area (TPSA) is 74.7 Å². The first-order valence-electron chi connectivity index (χ1n) is 5.70. The van der Waals surface area contributed by atoms with Crippen LogP contribution in [0.15, 0.2) is 29.4 Å². The predicted molar refractivity (Wildman–Crippen MR) is 73.7 cm³/mol. The van der Waals surface area contributed by atoms with E-state index in [9.17, 15) is 0 Å². The van der Waals surface area contributed by atoms with Gasteiger partial charge in [-0.3, -0.25) is 5.41 Å². The van der Waals surface area contributed by atoms with E-state index in [0.29, 0.717) is 11.6 Å². The molecule has 0 aliphatic rings. The standard InChI is InChI=1S/C12H17ClN4O/c1-2-3-8-18-17(12(14)15)16-9-10-6-4-5-7-11(10)13/h4-7,9H,2-3,8H2,1H3,(H3,14,15)/b16-9-. The molecule has 0 radical (unpaired) electrons. The van der Waals surface area contributed by atoms with Crippen molar-refractivity contribution in [1.82, 2.24) is 5.17 Å². The summed E-state index contributed by atoms with van der Waals surface area (Å²) in [5.74, 6) is -0.269. The van der Waals surface area contributed by atoms with Crippen molar-refractivity contribution < 1.29 is 4.84 Å². The number of nitrogens with one attached hydrogen (secondary N) is 1. The summed E-state index contributed by atoms with van der Waals surface area (Å²) >= 11 is 5.98. The van der Waals surface area contributed by atoms with E-state index in [4.69, 9.17) is 27.6 Å². The van der Waals surface area contributed by atoms with Gasteiger partial charge in [0.1, 0.15) is 0 Å². The monoisotopic (exact) mass is 268 g/mol. The smallest absolute Gasteiger partial charge is 0.236 e. The molecule has 1 aromatic carbocycles. The maximum atomic E-state index is 7.34. The molecule has 0 unspecified atom stereocenters. The number of hydrazone groups is 1. The van der Waals surface area contributed by atoms with Crippen molar-refractivity contribution in [1.29, 1.82) is 5.41 Å². The van der Waals surface area contributed by atoms with Crippen LogP contribution in [0.5, 0.6) is 0 Å². The van der Waals surface area contributed by atoms with E-state index in [1.165, 1.54) is 6.21 Å². The molecule has 5 nitrogen and oxygen atoms in total. The minimum absolute atomic E-state index is 0.269. The van der Waals surface area contributed by atoms with Crippen LogP contribution in [-0.2, 0) is 4.84 Å². The first kappa shape index (κ1) is 14.5. The molecule has 0 saturated heterocycles. The molecule has 0 fully saturated rings. The van der Waals surface area contributed by atoms with Gasteiger partial charge in [-0.15, -0.1) is 5.17 Å². The average molecular weight is 269 g/mol. The summed E-state index contributed by atoms with van der Waals surface area (Å²) in [6, 6.07) is 7.26. The van der Waals surface area contributed by atoms with Crippen LogP contribution in [0.4, 0.5) is 0 Å². The fraction of sp³-hybridized carbons (Fsp3) is 0.333. The summed E-state index contributed by atoms with van der Waals surface area (Å²) in [7, 11) is 0. The fourth-order valence-corrected chi connectivity index (χ4v) is 1.34. The van der Waals surface area contributed by atoms with Gasteiger partial charge in [0.05, 0.1) is 12.8 Å². The SMILES string of the molecule is CCCCON(/N=C\c1ccccc1Cl)C(=N)N. The van der Waals surface area contributed by atoms with Gasteiger partial charge in [-0.1, -0.05) is 43.1 Å². The van der Waals surface area contributed by atoms with Crippen LogP contribution in [0.1, 0.15) is 25.3 Å². The Labute approximate surface area is 112 Å². The molecule has 6 heteroatoms. The molecule has 1 rings (SSSR count). The van der Waals surface area contributed by atoms with Crippen LogP contribution in [0.2, 0.25) is 5.02 Å². The summed E-state index contributed by atoms with van der Waals surface area (Å²) in [4.78, 5) is 5.25. The van der Waals surface area contributed by atoms with Gasteiger partial charge in [-0.05, 0) is 12.5 Å². The Morgan fingerprint density at radius 2 is 2.28 bits per heavy atom. The molecule has 0 aliphatic carbocycles. The highest BCUT2D eigenvalue weighted by molar-refractivity contribution is 6.33. The lowest BCUT2D eigenvalue weighted by Crippen LogP contribution is -2.32. The molecule has 0 bridgehead atoms. The van der Waals surface area contributed by atoms with E-state index in [2.05, 4.69) is 12.0 Å². The Balaban J connectivity index is 2.66. The van der Waals surface area contributed by atoms with Gasteiger partial charge in [0.2, 0.25) is 5.96 Å². The number of hydrogen-bond donors (Lipinski definition) is 2. The zero-order valence-electron chi connectivity index (χ0n) is 10.3. The molecule has 0 heterocycles. The first-order valence-corrected chi connectivity index (χ1v) is 6.08. The minimum Gasteiger partial charge on any atom is -0.367 e. The third-order valence-electron chi connectivity index (χ3n) is 2.12. The number of rotatable bonds is 6. The van der Waals surface area contributed by atoms with E-state index in [1.807, 2.05) is 18.2 Å². The summed E-state index contributed by atoms with van der Waals surface area (Å²) in [5.41, 5.74) is 6.10. The van der Waals surface area contributed by atoms with Crippen LogP contribution in [-0.4, -0.2) is 24.0 Å². The van der Waals surface area contributed by atoms with Crippen molar-refractivity contribution in [2.45, 2.75) is 19.8 Å². The molecule has 0 aromatic heterocycles. The lowest BCUT2D eigenvalue weighted by molar-refractivity contribution is -0.101. The van der Waals surface area contributed by atoms with Crippen LogP contribution >= 0.6 is 11.6 Å². The molecule has 0 spiro atoms. The zero-order chi connectivity index (χ0) is 13.4. The Kier molecular flexibility index (Phi) is 6.18. The van der Waals surface area contributed by atoms with Gasteiger partial charge in [0.25, 0.3) is 0 Å². The number of guanidine groups is 1. The van der Waals surface area contributed by atoms with Gasteiger partial charge >= 0.3 is 0 Å². The van der Waals surface area contributed by atoms with Crippen LogP contribution in [0, 0.1) is 5.41 Å². The van der Waals surface area contributed by atoms with E-state index >= 15 is 0 Å². The second-order valence-corrected chi connectivity index (χ2v) is 4.02. The largest absolute Gasteiger partial charge is 0.367 e. The Morgan fingerprint density at radius 1 is 1.56 bits per heavy atom. The number of halogens is 1. The van der Waals surface area contributed by atoms with Gasteiger partial charge in [-0.25, -0.2) is 4.84 Å². The normalized spacial score (nSPS) is 10.8. The fourth-order valence-electron chi connectivity index (χ4n) is 1.15. The molecule has 0 saturated carbocycles. The maximum absolute atomic E-state index is 7.34. The van der Waals surface area contributed by atoms with E-state index in [1.54, 1.807) is 6.07 Å². The summed E-state index contributed by atoms with van der Waals surface area (Å²) in [5, 5.41) is 12.9. The van der Waals surface area contributed by atoms with E-state index < -0.39 is 0 Å². The molecule has 0 atom stereocenters. The summed E-state index contributed by atoms with van der Waals surface area (Å²) < 4.78 is 0. The minimum atomic E-state index is -0.269. The van der Waals surface area contributed by atoms with Gasteiger partial charge in [0.15, 0.2) is 0 Å². The third-order valence-corrected chi connectivity index (χ3v) is 2.47. The number of hydrogen-bond acceptors (Lipinski definition) is 3. The average Bonchev–Trinajstić information content (AvgIpc) is 2.35. The highest BCUT2D eigenvalue weighted by Crippen LogP contribution is 2.12. The number of hydroxylamine groups is 1. The summed E-state index contributed by atoms with van der Waals surface area (Å²) in [6.45, 7) is 2.52. The van der Waals surface area contributed by atoms with Crippen LogP contribution in [0.3, 0.4) is 0 Å². The quantitative estimate of drug-likeness (QED) is 0.360. The first-order chi connectivity index (χ1) is 8.65. The van der Waals surface area contributed by atoms with Crippen molar-refractivity contribution in [3.8, 4) is 0 Å². The molecule has 0 amide bonds. The van der Waals surface area contributed by atoms with Crippen molar-refractivity contribution in [3.63, 3.8) is 0 Å². The number of benzene rings is 1. The molecule has 3 N–H and O–H groups in total. The van der Waals surface area contributed by atoms with Crippen molar-refractivity contribution in [2.75, 3.05) is 6.61 Å². The lowest BCUT2D eigenvalue weighted by atomic mass is 10.2. The van der Waals surface area contributed by atoms with Crippen molar-refractivity contribution in [3.05, 3.63) is 34.9 Å². The van der Waals surface area contributed by atoms with Gasteiger partial charge in [-0.2, -0.15) is 5.10 Å². The molecule has 98 valence electrons. The zero-order valence-corrected chi connectivity index (χ0v) is 11.0. The molecule has 1 aromatic rings. The highest BCUT2D eigenvalue weighted by atomic mass is 35.5. The third kappa shape index (κ3) is 4.73. The van der Waals surface area contributed by atoms with Gasteiger partial charge in [0, 0.05) is 10.6 Å². The predicted octanol–water partition coefficient (Wildman–Crippen LogP) is 2.60.